The third-order valence-corrected chi connectivity index (χ3v) is 0.978. The minimum Gasteiger partial charge on any atom is -0.411 e. The average molecular weight is 156 g/mol. The largest absolute Gasteiger partial charge is 0.433 e. The van der Waals surface area contributed by atoms with Crippen molar-refractivity contribution < 1.29 is 14.5 Å². The fraction of sp³-hybridized carbons (Fsp3) is 0. The quantitative estimate of drug-likeness (QED) is 0.299. The van der Waals surface area contributed by atoms with Crippen LogP contribution in [0.25, 0.3) is 0 Å². The first-order chi connectivity index (χ1) is 5.24. The van der Waals surface area contributed by atoms with Crippen LogP contribution >= 0.6 is 0 Å². The van der Waals surface area contributed by atoms with E-state index in [4.69, 9.17) is 5.21 Å². The maximum atomic E-state index is 10.0. The van der Waals surface area contributed by atoms with Crippen molar-refractivity contribution in [1.82, 2.24) is 0 Å². The van der Waals surface area contributed by atoms with Crippen LogP contribution in [0.2, 0.25) is 0 Å². The Morgan fingerprint density at radius 3 is 2.91 bits per heavy atom. The van der Waals surface area contributed by atoms with E-state index in [2.05, 4.69) is 9.57 Å². The van der Waals surface area contributed by atoms with Crippen LogP contribution in [0, 0.1) is 10.1 Å². The van der Waals surface area contributed by atoms with Gasteiger partial charge >= 0.3 is 5.88 Å². The van der Waals surface area contributed by atoms with E-state index < -0.39 is 4.92 Å². The van der Waals surface area contributed by atoms with Gasteiger partial charge in [-0.2, -0.15) is 0 Å². The number of furan rings is 1. The molecule has 1 N–H and O–H groups in total. The fourth-order valence-corrected chi connectivity index (χ4v) is 0.567. The highest BCUT2D eigenvalue weighted by molar-refractivity contribution is 5.75. The molecule has 0 fully saturated rings. The molecule has 0 bridgehead atoms. The van der Waals surface area contributed by atoms with Gasteiger partial charge in [-0.3, -0.25) is 10.1 Å². The molecule has 0 radical (unpaired) electrons. The lowest BCUT2D eigenvalue weighted by atomic mass is 10.5. The third-order valence-electron chi connectivity index (χ3n) is 0.978. The van der Waals surface area contributed by atoms with Crippen LogP contribution in [0.3, 0.4) is 0 Å². The normalized spacial score (nSPS) is 10.5. The molecule has 0 saturated heterocycles. The molecule has 11 heavy (non-hydrogen) atoms. The first kappa shape index (κ1) is 7.26. The molecular formula is C5H4N2O4. The maximum absolute atomic E-state index is 10.0. The summed E-state index contributed by atoms with van der Waals surface area (Å²) in [6.45, 7) is 0. The Kier molecular flexibility index (Phi) is 1.86. The molecule has 0 aliphatic heterocycles. The van der Waals surface area contributed by atoms with Crippen molar-refractivity contribution in [3.8, 4) is 0 Å². The smallest absolute Gasteiger partial charge is 0.411 e. The number of nitro groups is 1. The second-order valence-corrected chi connectivity index (χ2v) is 1.68. The summed E-state index contributed by atoms with van der Waals surface area (Å²) >= 11 is 0. The molecule has 6 nitrogen and oxygen atoms in total. The molecule has 1 rings (SSSR count). The van der Waals surface area contributed by atoms with Crippen molar-refractivity contribution in [3.05, 3.63) is 28.0 Å². The molecule has 58 valence electrons. The Bertz CT molecular complexity index is 290. The number of nitrogens with zero attached hydrogens (tertiary/aromatic N) is 2. The van der Waals surface area contributed by atoms with E-state index in [0.717, 1.165) is 6.21 Å². The highest BCUT2D eigenvalue weighted by Crippen LogP contribution is 2.13. The highest BCUT2D eigenvalue weighted by Gasteiger charge is 2.09. The second-order valence-electron chi connectivity index (χ2n) is 1.68. The molecule has 0 atom stereocenters. The Hall–Kier alpha value is -1.85. The molecule has 1 aromatic rings. The summed E-state index contributed by atoms with van der Waals surface area (Å²) < 4.78 is 4.58. The van der Waals surface area contributed by atoms with Gasteiger partial charge in [0.25, 0.3) is 0 Å². The first-order valence-corrected chi connectivity index (χ1v) is 2.65. The summed E-state index contributed by atoms with van der Waals surface area (Å²) in [5.41, 5.74) is 0. The topological polar surface area (TPSA) is 88.9 Å². The molecule has 0 amide bonds. The van der Waals surface area contributed by atoms with E-state index in [1.54, 1.807) is 0 Å². The fourth-order valence-electron chi connectivity index (χ4n) is 0.567. The van der Waals surface area contributed by atoms with Gasteiger partial charge in [0.05, 0.1) is 6.07 Å². The minimum absolute atomic E-state index is 0.138. The van der Waals surface area contributed by atoms with Gasteiger partial charge in [0.2, 0.25) is 0 Å². The zero-order valence-electron chi connectivity index (χ0n) is 5.30. The van der Waals surface area contributed by atoms with Crippen molar-refractivity contribution >= 4 is 12.1 Å². The summed E-state index contributed by atoms with van der Waals surface area (Å²) in [4.78, 5) is 9.35. The summed E-state index contributed by atoms with van der Waals surface area (Å²) in [6.07, 6.45) is 0.965. The molecular weight excluding hydrogens is 152 g/mol. The van der Waals surface area contributed by atoms with Crippen LogP contribution in [0.5, 0.6) is 0 Å². The third kappa shape index (κ3) is 1.54. The first-order valence-electron chi connectivity index (χ1n) is 2.65. The van der Waals surface area contributed by atoms with Gasteiger partial charge in [-0.25, -0.2) is 0 Å². The molecule has 0 saturated carbocycles. The van der Waals surface area contributed by atoms with Crippen LogP contribution in [0.1, 0.15) is 5.76 Å². The van der Waals surface area contributed by atoms with E-state index in [9.17, 15) is 10.1 Å². The van der Waals surface area contributed by atoms with Gasteiger partial charge in [0.15, 0.2) is 5.76 Å². The zero-order chi connectivity index (χ0) is 8.27. The number of oxime groups is 1. The minimum atomic E-state index is -0.672. The van der Waals surface area contributed by atoms with Gasteiger partial charge in [0.1, 0.15) is 11.1 Å². The lowest BCUT2D eigenvalue weighted by Gasteiger charge is -1.80. The SMILES string of the molecule is O=[N+]([O-])c1ccc(/C=N/O)o1. The lowest BCUT2D eigenvalue weighted by molar-refractivity contribution is -0.402. The standard InChI is InChI=1S/C5H4N2O4/c8-6-3-4-1-2-5(11-4)7(9)10/h1-3,8H/b6-3+. The summed E-state index contributed by atoms with van der Waals surface area (Å²) in [6, 6.07) is 2.51. The Labute approximate surface area is 60.9 Å². The van der Waals surface area contributed by atoms with Crippen LogP contribution < -0.4 is 0 Å². The van der Waals surface area contributed by atoms with Crippen molar-refractivity contribution in [2.45, 2.75) is 0 Å². The predicted octanol–water partition coefficient (Wildman–Crippen LogP) is 0.996. The number of hydrogen-bond donors (Lipinski definition) is 1. The lowest BCUT2D eigenvalue weighted by Crippen LogP contribution is -1.83. The van der Waals surface area contributed by atoms with Gasteiger partial charge < -0.3 is 9.62 Å². The van der Waals surface area contributed by atoms with Crippen LogP contribution in [-0.2, 0) is 0 Å². The molecule has 0 spiro atoms. The van der Waals surface area contributed by atoms with Gasteiger partial charge in [-0.1, -0.05) is 5.16 Å². The Balaban J connectivity index is 2.90. The zero-order valence-corrected chi connectivity index (χ0v) is 5.30. The van der Waals surface area contributed by atoms with Gasteiger partial charge in [-0.05, 0) is 6.07 Å². The van der Waals surface area contributed by atoms with Crippen molar-refractivity contribution in [2.75, 3.05) is 0 Å². The van der Waals surface area contributed by atoms with Crippen LogP contribution in [0.4, 0.5) is 5.88 Å². The maximum Gasteiger partial charge on any atom is 0.433 e. The highest BCUT2D eigenvalue weighted by atomic mass is 16.6. The molecule has 0 aliphatic carbocycles. The Morgan fingerprint density at radius 1 is 1.73 bits per heavy atom. The van der Waals surface area contributed by atoms with E-state index in [1.165, 1.54) is 12.1 Å². The van der Waals surface area contributed by atoms with E-state index in [0.29, 0.717) is 0 Å². The van der Waals surface area contributed by atoms with Crippen molar-refractivity contribution in [3.63, 3.8) is 0 Å². The molecule has 1 aromatic heterocycles. The number of hydrogen-bond acceptors (Lipinski definition) is 5. The molecule has 6 heteroatoms. The molecule has 0 aromatic carbocycles. The summed E-state index contributed by atoms with van der Waals surface area (Å²) in [5, 5.41) is 20.7. The van der Waals surface area contributed by atoms with Crippen LogP contribution in [-0.4, -0.2) is 16.3 Å². The van der Waals surface area contributed by atoms with Crippen molar-refractivity contribution in [2.24, 2.45) is 5.16 Å². The predicted molar refractivity (Wildman–Crippen MR) is 34.7 cm³/mol. The molecule has 0 aliphatic rings. The van der Waals surface area contributed by atoms with E-state index in [1.807, 2.05) is 0 Å². The summed E-state index contributed by atoms with van der Waals surface area (Å²) in [5.74, 6) is -0.237. The average Bonchev–Trinajstić information content (AvgIpc) is 2.37. The summed E-state index contributed by atoms with van der Waals surface area (Å²) in [7, 11) is 0. The number of rotatable bonds is 2. The van der Waals surface area contributed by atoms with Gasteiger partial charge in [-0.15, -0.1) is 0 Å². The van der Waals surface area contributed by atoms with E-state index >= 15 is 0 Å². The Morgan fingerprint density at radius 2 is 2.45 bits per heavy atom. The molecule has 1 heterocycles. The molecule has 0 unspecified atom stereocenters. The van der Waals surface area contributed by atoms with Crippen LogP contribution in [0.15, 0.2) is 21.7 Å². The van der Waals surface area contributed by atoms with E-state index in [-0.39, 0.29) is 11.6 Å². The monoisotopic (exact) mass is 156 g/mol. The second kappa shape index (κ2) is 2.82. The van der Waals surface area contributed by atoms with Crippen molar-refractivity contribution in [1.29, 1.82) is 0 Å². The van der Waals surface area contributed by atoms with Gasteiger partial charge in [0, 0.05) is 0 Å².